The average Bonchev–Trinajstić information content (AvgIpc) is 3.40. The van der Waals surface area contributed by atoms with Gasteiger partial charge < -0.3 is 29.5 Å². The van der Waals surface area contributed by atoms with E-state index >= 15 is 0 Å². The van der Waals surface area contributed by atoms with Gasteiger partial charge in [0.05, 0.1) is 21.3 Å². The van der Waals surface area contributed by atoms with Crippen LogP contribution in [0.5, 0.6) is 5.75 Å². The van der Waals surface area contributed by atoms with E-state index in [-0.39, 0.29) is 67.4 Å². The van der Waals surface area contributed by atoms with Gasteiger partial charge in [0, 0.05) is 58.2 Å². The number of esters is 1. The lowest BCUT2D eigenvalue weighted by Crippen LogP contribution is -2.59. The van der Waals surface area contributed by atoms with E-state index in [1.807, 2.05) is 13.8 Å². The fourth-order valence-electron chi connectivity index (χ4n) is 6.53. The van der Waals surface area contributed by atoms with Crippen molar-refractivity contribution in [2.45, 2.75) is 71.3 Å². The summed E-state index contributed by atoms with van der Waals surface area (Å²) in [6, 6.07) is 4.30. The van der Waals surface area contributed by atoms with Crippen LogP contribution in [-0.4, -0.2) is 109 Å². The Bertz CT molecular complexity index is 1460. The number of carbonyl (C=O) groups excluding carboxylic acids is 5. The quantitative estimate of drug-likeness (QED) is 0.291. The van der Waals surface area contributed by atoms with E-state index in [0.717, 1.165) is 32.1 Å². The molecule has 13 heteroatoms. The highest BCUT2D eigenvalue weighted by Gasteiger charge is 2.40. The van der Waals surface area contributed by atoms with Gasteiger partial charge in [-0.3, -0.25) is 19.2 Å². The first kappa shape index (κ1) is 35.7. The first-order valence-corrected chi connectivity index (χ1v) is 16.8. The number of imidazole rings is 1. The van der Waals surface area contributed by atoms with Crippen LogP contribution in [0.3, 0.4) is 0 Å². The van der Waals surface area contributed by atoms with Gasteiger partial charge >= 0.3 is 23.7 Å². The molecule has 2 atom stereocenters. The number of hydrogen-bond acceptors (Lipinski definition) is 7. The minimum atomic E-state index is -0.568. The van der Waals surface area contributed by atoms with Gasteiger partial charge in [-0.15, -0.1) is 4.57 Å². The predicted molar refractivity (Wildman–Crippen MR) is 175 cm³/mol. The number of nitrogens with one attached hydrogen (secondary N) is 1. The standard InChI is InChI=1S/C34H50N6O7/c1-7-23(2)30(42)35-29(24-12-9-8-10-13-24)32(43)38-18-20-39(21-19-38)33(44)31-37(4)27-22-25(46-5)15-16-26(27)40(31)34(45)36(3)17-11-14-28(41)47-6/h15-16,22-24,29H,7-14,17-21H2,1-6H3/p+1/t23-,29+/m1/s1. The van der Waals surface area contributed by atoms with E-state index in [0.29, 0.717) is 42.7 Å². The van der Waals surface area contributed by atoms with Gasteiger partial charge in [0.2, 0.25) is 11.8 Å². The minimum Gasteiger partial charge on any atom is -0.497 e. The maximum absolute atomic E-state index is 14.2. The monoisotopic (exact) mass is 655 g/mol. The van der Waals surface area contributed by atoms with Crippen molar-refractivity contribution < 1.29 is 38.0 Å². The van der Waals surface area contributed by atoms with Crippen LogP contribution in [0.1, 0.15) is 75.8 Å². The fraction of sp³-hybridized carbons (Fsp3) is 0.647. The molecule has 1 saturated carbocycles. The van der Waals surface area contributed by atoms with Crippen molar-refractivity contribution in [3.8, 4) is 5.75 Å². The molecule has 0 spiro atoms. The molecule has 13 nitrogen and oxygen atoms in total. The number of carbonyl (C=O) groups is 5. The lowest BCUT2D eigenvalue weighted by Gasteiger charge is -2.38. The van der Waals surface area contributed by atoms with Crippen molar-refractivity contribution in [3.05, 3.63) is 24.0 Å². The molecule has 1 aromatic heterocycles. The molecule has 0 radical (unpaired) electrons. The molecule has 47 heavy (non-hydrogen) atoms. The van der Waals surface area contributed by atoms with Crippen molar-refractivity contribution in [2.75, 3.05) is 54.0 Å². The number of hydrogen-bond donors (Lipinski definition) is 1. The zero-order valence-corrected chi connectivity index (χ0v) is 28.8. The molecular formula is C34H51N6O7+. The number of aromatic nitrogens is 2. The fourth-order valence-corrected chi connectivity index (χ4v) is 6.53. The number of amides is 4. The van der Waals surface area contributed by atoms with Crippen molar-refractivity contribution >= 4 is 40.8 Å². The van der Waals surface area contributed by atoms with Crippen molar-refractivity contribution in [1.29, 1.82) is 0 Å². The Labute approximate surface area is 277 Å². The third-order valence-electron chi connectivity index (χ3n) is 9.75. The molecule has 2 fully saturated rings. The van der Waals surface area contributed by atoms with E-state index < -0.39 is 12.1 Å². The topological polar surface area (TPSA) is 134 Å². The summed E-state index contributed by atoms with van der Waals surface area (Å²) in [5, 5.41) is 3.09. The van der Waals surface area contributed by atoms with Gasteiger partial charge in [-0.2, -0.15) is 0 Å². The van der Waals surface area contributed by atoms with Crippen LogP contribution in [0.15, 0.2) is 18.2 Å². The first-order valence-electron chi connectivity index (χ1n) is 16.8. The lowest BCUT2D eigenvalue weighted by atomic mass is 9.83. The van der Waals surface area contributed by atoms with E-state index in [4.69, 9.17) is 9.47 Å². The number of ether oxygens (including phenoxy) is 2. The molecular weight excluding hydrogens is 604 g/mol. The third kappa shape index (κ3) is 8.05. The zero-order chi connectivity index (χ0) is 34.2. The van der Waals surface area contributed by atoms with E-state index in [1.54, 1.807) is 53.8 Å². The van der Waals surface area contributed by atoms with E-state index in [9.17, 15) is 24.0 Å². The summed E-state index contributed by atoms with van der Waals surface area (Å²) in [4.78, 5) is 71.4. The maximum atomic E-state index is 14.2. The van der Waals surface area contributed by atoms with Crippen LogP contribution in [0.2, 0.25) is 0 Å². The van der Waals surface area contributed by atoms with Gasteiger partial charge in [-0.25, -0.2) is 9.36 Å². The van der Waals surface area contributed by atoms with Crippen LogP contribution in [0, 0.1) is 11.8 Å². The minimum absolute atomic E-state index is 0.0869. The van der Waals surface area contributed by atoms with Crippen molar-refractivity contribution in [2.24, 2.45) is 18.9 Å². The number of nitrogens with zero attached hydrogens (tertiary/aromatic N) is 5. The van der Waals surface area contributed by atoms with Crippen LogP contribution in [0.25, 0.3) is 11.0 Å². The molecule has 0 unspecified atom stereocenters. The van der Waals surface area contributed by atoms with Gasteiger partial charge in [0.25, 0.3) is 0 Å². The Kier molecular flexibility index (Phi) is 12.2. The molecule has 1 aliphatic heterocycles. The Morgan fingerprint density at radius 2 is 1.68 bits per heavy atom. The van der Waals surface area contributed by atoms with Crippen LogP contribution in [-0.2, 0) is 26.2 Å². The van der Waals surface area contributed by atoms with Crippen LogP contribution < -0.4 is 14.6 Å². The van der Waals surface area contributed by atoms with Gasteiger partial charge in [0.15, 0.2) is 11.0 Å². The molecule has 0 bridgehead atoms. The second-order valence-electron chi connectivity index (χ2n) is 12.8. The number of rotatable bonds is 11. The normalized spacial score (nSPS) is 16.8. The molecule has 258 valence electrons. The Morgan fingerprint density at radius 1 is 1.02 bits per heavy atom. The maximum Gasteiger partial charge on any atom is 0.416 e. The molecule has 4 rings (SSSR count). The van der Waals surface area contributed by atoms with Crippen molar-refractivity contribution in [1.82, 2.24) is 24.6 Å². The molecule has 4 amide bonds. The summed E-state index contributed by atoms with van der Waals surface area (Å²) in [6.07, 6.45) is 6.34. The predicted octanol–water partition coefficient (Wildman–Crippen LogP) is 2.72. The second-order valence-corrected chi connectivity index (χ2v) is 12.8. The Morgan fingerprint density at radius 3 is 2.30 bits per heavy atom. The Hall–Kier alpha value is -4.16. The summed E-state index contributed by atoms with van der Waals surface area (Å²) in [5.74, 6) is -0.177. The smallest absolute Gasteiger partial charge is 0.416 e. The molecule has 1 saturated heterocycles. The molecule has 2 aromatic rings. The van der Waals surface area contributed by atoms with Gasteiger partial charge in [-0.05, 0) is 43.7 Å². The first-order chi connectivity index (χ1) is 22.5. The number of methoxy groups -OCH3 is 2. The summed E-state index contributed by atoms with van der Waals surface area (Å²) in [6.45, 7) is 5.35. The highest BCUT2D eigenvalue weighted by atomic mass is 16.5. The summed E-state index contributed by atoms with van der Waals surface area (Å²) < 4.78 is 13.2. The lowest BCUT2D eigenvalue weighted by molar-refractivity contribution is -0.647. The average molecular weight is 656 g/mol. The second kappa shape index (κ2) is 16.1. The molecule has 1 N–H and O–H groups in total. The van der Waals surface area contributed by atoms with E-state index in [2.05, 4.69) is 5.32 Å². The molecule has 1 aromatic carbocycles. The van der Waals surface area contributed by atoms with E-state index in [1.165, 1.54) is 16.6 Å². The summed E-state index contributed by atoms with van der Waals surface area (Å²) >= 11 is 0. The van der Waals surface area contributed by atoms with Gasteiger partial charge in [-0.1, -0.05) is 33.1 Å². The van der Waals surface area contributed by atoms with Gasteiger partial charge in [0.1, 0.15) is 11.8 Å². The number of piperazine rings is 1. The van der Waals surface area contributed by atoms with Crippen molar-refractivity contribution in [3.63, 3.8) is 0 Å². The zero-order valence-electron chi connectivity index (χ0n) is 28.8. The SMILES string of the molecule is CC[C@@H](C)C(=O)N[C@H](C(=O)N1CCN(C(=O)c2n(C(=O)N(C)CCCC(=O)OC)c3ccc(OC)cc3[n+]2C)CC1)C1CCCCC1. The van der Waals surface area contributed by atoms with Crippen LogP contribution >= 0.6 is 0 Å². The summed E-state index contributed by atoms with van der Waals surface area (Å²) in [7, 11) is 6.26. The highest BCUT2D eigenvalue weighted by Crippen LogP contribution is 2.28. The summed E-state index contributed by atoms with van der Waals surface area (Å²) in [5.41, 5.74) is 1.19. The number of fused-ring (bicyclic) bond motifs is 1. The Balaban J connectivity index is 1.55. The molecule has 1 aliphatic carbocycles. The highest BCUT2D eigenvalue weighted by molar-refractivity contribution is 5.99. The largest absolute Gasteiger partial charge is 0.497 e. The third-order valence-corrected chi connectivity index (χ3v) is 9.75. The molecule has 2 aliphatic rings. The number of benzene rings is 1. The number of aryl methyl sites for hydroxylation is 1. The molecule has 2 heterocycles. The van der Waals surface area contributed by atoms with Crippen LogP contribution in [0.4, 0.5) is 4.79 Å².